The number of rotatable bonds is 4. The fraction of sp³-hybridized carbons (Fsp3) is 0.0323. The topological polar surface area (TPSA) is 14.2 Å². The minimum absolute atomic E-state index is 0.822. The zero-order valence-corrected chi connectivity index (χ0v) is 18.4. The highest BCUT2D eigenvalue weighted by atomic mass is 16.5. The normalized spacial score (nSPS) is 11.2. The number of para-hydroxylation sites is 2. The number of aryl methyl sites for hydroxylation is 1. The molecule has 0 aliphatic carbocycles. The Morgan fingerprint density at radius 3 is 1.48 bits per heavy atom. The Balaban J connectivity index is 1.29. The predicted molar refractivity (Wildman–Crippen MR) is 137 cm³/mol. The number of ether oxygens (including phenoxy) is 1. The van der Waals surface area contributed by atoms with E-state index in [9.17, 15) is 0 Å². The van der Waals surface area contributed by atoms with Gasteiger partial charge in [0, 0.05) is 16.5 Å². The predicted octanol–water partition coefficient (Wildman–Crippen LogP) is 8.55. The van der Waals surface area contributed by atoms with E-state index >= 15 is 0 Å². The number of fused-ring (bicyclic) bond motifs is 3. The van der Waals surface area contributed by atoms with Crippen molar-refractivity contribution >= 4 is 21.8 Å². The van der Waals surface area contributed by atoms with Crippen LogP contribution in [0.5, 0.6) is 11.5 Å². The summed E-state index contributed by atoms with van der Waals surface area (Å²) in [5.74, 6) is 1.65. The number of nitrogens with zero attached hydrogens (tertiary/aromatic N) is 1. The second-order valence-corrected chi connectivity index (χ2v) is 8.36. The molecule has 0 aliphatic rings. The summed E-state index contributed by atoms with van der Waals surface area (Å²) < 4.78 is 8.44. The summed E-state index contributed by atoms with van der Waals surface area (Å²) in [6, 6.07) is 42.2. The van der Waals surface area contributed by atoms with Crippen LogP contribution in [0.2, 0.25) is 0 Å². The van der Waals surface area contributed by atoms with Crippen molar-refractivity contribution in [2.45, 2.75) is 6.92 Å². The average Bonchev–Trinajstić information content (AvgIpc) is 3.20. The van der Waals surface area contributed by atoms with Gasteiger partial charge in [-0.1, -0.05) is 78.4 Å². The zero-order chi connectivity index (χ0) is 22.2. The lowest BCUT2D eigenvalue weighted by molar-refractivity contribution is 0.482. The van der Waals surface area contributed by atoms with Crippen LogP contribution >= 0.6 is 0 Å². The van der Waals surface area contributed by atoms with Crippen molar-refractivity contribution in [2.24, 2.45) is 0 Å². The first-order chi connectivity index (χ1) is 16.3. The molecule has 5 aromatic carbocycles. The lowest BCUT2D eigenvalue weighted by atomic mass is 10.0. The summed E-state index contributed by atoms with van der Waals surface area (Å²) in [6.45, 7) is 2.10. The summed E-state index contributed by atoms with van der Waals surface area (Å²) in [7, 11) is 0. The van der Waals surface area contributed by atoms with E-state index < -0.39 is 0 Å². The third-order valence-electron chi connectivity index (χ3n) is 6.15. The van der Waals surface area contributed by atoms with Crippen LogP contribution in [0.15, 0.2) is 121 Å². The van der Waals surface area contributed by atoms with Gasteiger partial charge in [0.25, 0.3) is 0 Å². The highest BCUT2D eigenvalue weighted by Crippen LogP contribution is 2.33. The van der Waals surface area contributed by atoms with E-state index in [2.05, 4.69) is 109 Å². The summed E-state index contributed by atoms with van der Waals surface area (Å²) in [6.07, 6.45) is 0. The largest absolute Gasteiger partial charge is 0.457 e. The molecule has 0 saturated heterocycles. The smallest absolute Gasteiger partial charge is 0.127 e. The molecule has 0 fully saturated rings. The lowest BCUT2D eigenvalue weighted by Crippen LogP contribution is -1.93. The van der Waals surface area contributed by atoms with Gasteiger partial charge in [0.1, 0.15) is 11.5 Å². The van der Waals surface area contributed by atoms with Gasteiger partial charge in [0.2, 0.25) is 0 Å². The SMILES string of the molecule is Cc1ccc(-c2ccc(Oc3ccc(-n4c5ccccc5c5ccccc54)cc3)cc2)cc1. The maximum absolute atomic E-state index is 6.13. The quantitative estimate of drug-likeness (QED) is 0.276. The molecule has 0 N–H and O–H groups in total. The van der Waals surface area contributed by atoms with Gasteiger partial charge in [-0.3, -0.25) is 0 Å². The highest BCUT2D eigenvalue weighted by molar-refractivity contribution is 6.09. The number of hydrogen-bond donors (Lipinski definition) is 0. The summed E-state index contributed by atoms with van der Waals surface area (Å²) in [5.41, 5.74) is 7.20. The standard InChI is InChI=1S/C31H23NO/c1-22-10-12-23(13-11-22)24-14-18-26(19-15-24)33-27-20-16-25(17-21-27)32-30-8-4-2-6-28(30)29-7-3-5-9-31(29)32/h2-21H,1H3. The first-order valence-corrected chi connectivity index (χ1v) is 11.2. The molecule has 2 nitrogen and oxygen atoms in total. The Labute approximate surface area is 193 Å². The number of aromatic nitrogens is 1. The molecule has 0 unspecified atom stereocenters. The first kappa shape index (κ1) is 19.4. The Kier molecular flexibility index (Phi) is 4.70. The van der Waals surface area contributed by atoms with Crippen LogP contribution in [0.25, 0.3) is 38.6 Å². The van der Waals surface area contributed by atoms with Gasteiger partial charge in [-0.05, 0) is 66.6 Å². The molecule has 0 amide bonds. The van der Waals surface area contributed by atoms with Crippen LogP contribution in [0.4, 0.5) is 0 Å². The second-order valence-electron chi connectivity index (χ2n) is 8.36. The molecule has 2 heteroatoms. The van der Waals surface area contributed by atoms with Crippen molar-refractivity contribution in [1.82, 2.24) is 4.57 Å². The molecule has 0 radical (unpaired) electrons. The van der Waals surface area contributed by atoms with Crippen LogP contribution in [0, 0.1) is 6.92 Å². The van der Waals surface area contributed by atoms with Crippen molar-refractivity contribution in [3.63, 3.8) is 0 Å². The summed E-state index contributed by atoms with van der Waals surface area (Å²) >= 11 is 0. The van der Waals surface area contributed by atoms with E-state index in [0.717, 1.165) is 17.2 Å². The van der Waals surface area contributed by atoms with Crippen molar-refractivity contribution in [1.29, 1.82) is 0 Å². The average molecular weight is 426 g/mol. The van der Waals surface area contributed by atoms with Crippen molar-refractivity contribution < 1.29 is 4.74 Å². The van der Waals surface area contributed by atoms with Gasteiger partial charge in [0.05, 0.1) is 11.0 Å². The number of benzene rings is 5. The maximum atomic E-state index is 6.13. The molecule has 158 valence electrons. The van der Waals surface area contributed by atoms with Gasteiger partial charge >= 0.3 is 0 Å². The zero-order valence-electron chi connectivity index (χ0n) is 18.4. The van der Waals surface area contributed by atoms with E-state index in [1.54, 1.807) is 0 Å². The number of hydrogen-bond acceptors (Lipinski definition) is 1. The molecular formula is C31H23NO. The van der Waals surface area contributed by atoms with Crippen molar-refractivity contribution in [2.75, 3.05) is 0 Å². The van der Waals surface area contributed by atoms with Gasteiger partial charge in [-0.25, -0.2) is 0 Å². The van der Waals surface area contributed by atoms with E-state index in [1.165, 1.54) is 38.5 Å². The fourth-order valence-corrected chi connectivity index (χ4v) is 4.46. The Morgan fingerprint density at radius 1 is 0.485 bits per heavy atom. The van der Waals surface area contributed by atoms with Gasteiger partial charge in [-0.2, -0.15) is 0 Å². The minimum Gasteiger partial charge on any atom is -0.457 e. The Hall–Kier alpha value is -4.30. The first-order valence-electron chi connectivity index (χ1n) is 11.2. The maximum Gasteiger partial charge on any atom is 0.127 e. The van der Waals surface area contributed by atoms with Crippen LogP contribution < -0.4 is 4.74 Å². The van der Waals surface area contributed by atoms with Crippen molar-refractivity contribution in [3.8, 4) is 28.3 Å². The van der Waals surface area contributed by atoms with E-state index in [4.69, 9.17) is 4.74 Å². The van der Waals surface area contributed by atoms with E-state index in [1.807, 2.05) is 24.3 Å². The lowest BCUT2D eigenvalue weighted by Gasteiger charge is -2.10. The highest BCUT2D eigenvalue weighted by Gasteiger charge is 2.11. The van der Waals surface area contributed by atoms with Crippen LogP contribution in [0.3, 0.4) is 0 Å². The van der Waals surface area contributed by atoms with Crippen molar-refractivity contribution in [3.05, 3.63) is 127 Å². The van der Waals surface area contributed by atoms with Gasteiger partial charge < -0.3 is 9.30 Å². The van der Waals surface area contributed by atoms with Crippen LogP contribution in [0.1, 0.15) is 5.56 Å². The Bertz CT molecular complexity index is 1500. The van der Waals surface area contributed by atoms with Crippen LogP contribution in [-0.4, -0.2) is 4.57 Å². The molecule has 0 saturated carbocycles. The van der Waals surface area contributed by atoms with Crippen LogP contribution in [-0.2, 0) is 0 Å². The third kappa shape index (κ3) is 3.56. The summed E-state index contributed by atoms with van der Waals surface area (Å²) in [4.78, 5) is 0. The molecular weight excluding hydrogens is 402 g/mol. The second kappa shape index (κ2) is 7.99. The van der Waals surface area contributed by atoms with E-state index in [0.29, 0.717) is 0 Å². The molecule has 1 heterocycles. The molecule has 0 bridgehead atoms. The minimum atomic E-state index is 0.822. The molecule has 33 heavy (non-hydrogen) atoms. The fourth-order valence-electron chi connectivity index (χ4n) is 4.46. The molecule has 0 spiro atoms. The molecule has 0 atom stereocenters. The van der Waals surface area contributed by atoms with E-state index in [-0.39, 0.29) is 0 Å². The molecule has 6 rings (SSSR count). The molecule has 0 aliphatic heterocycles. The van der Waals surface area contributed by atoms with Gasteiger partial charge in [-0.15, -0.1) is 0 Å². The molecule has 1 aromatic heterocycles. The Morgan fingerprint density at radius 2 is 0.939 bits per heavy atom. The van der Waals surface area contributed by atoms with Gasteiger partial charge in [0.15, 0.2) is 0 Å². The molecule has 6 aromatic rings. The summed E-state index contributed by atoms with van der Waals surface area (Å²) in [5, 5.41) is 2.53. The monoisotopic (exact) mass is 425 g/mol. The third-order valence-corrected chi connectivity index (χ3v) is 6.15.